The predicted molar refractivity (Wildman–Crippen MR) is 77.9 cm³/mol. The zero-order chi connectivity index (χ0) is 12.4. The number of nitrogens with two attached hydrogens (primary N) is 1. The molecule has 2 fully saturated rings. The van der Waals surface area contributed by atoms with Crippen LogP contribution in [0.2, 0.25) is 0 Å². The number of nitrogens with zero attached hydrogens (tertiary/aromatic N) is 1. The Labute approximate surface area is 114 Å². The first kappa shape index (κ1) is 12.6. The van der Waals surface area contributed by atoms with Gasteiger partial charge in [0.1, 0.15) is 0 Å². The van der Waals surface area contributed by atoms with E-state index in [0.717, 1.165) is 18.4 Å². The van der Waals surface area contributed by atoms with Gasteiger partial charge in [0.2, 0.25) is 0 Å². The highest BCUT2D eigenvalue weighted by Crippen LogP contribution is 2.29. The van der Waals surface area contributed by atoms with Crippen LogP contribution in [0.4, 0.5) is 0 Å². The second kappa shape index (κ2) is 5.72. The SMILES string of the molecule is NC1CC(Cc2cccs2)CN(CC2CCC2)C1. The molecule has 1 aliphatic carbocycles. The standard InChI is InChI=1S/C15H24N2S/c16-14-7-13(8-15-5-2-6-18-15)10-17(11-14)9-12-3-1-4-12/h2,5-6,12-14H,1,3-4,7-11,16H2. The molecule has 2 aliphatic rings. The Bertz CT molecular complexity index is 359. The summed E-state index contributed by atoms with van der Waals surface area (Å²) in [7, 11) is 0. The Morgan fingerprint density at radius 3 is 2.83 bits per heavy atom. The maximum atomic E-state index is 6.24. The summed E-state index contributed by atoms with van der Waals surface area (Å²) in [5.74, 6) is 1.74. The van der Waals surface area contributed by atoms with E-state index in [-0.39, 0.29) is 0 Å². The Hall–Kier alpha value is -0.380. The van der Waals surface area contributed by atoms with Crippen molar-refractivity contribution >= 4 is 11.3 Å². The van der Waals surface area contributed by atoms with E-state index in [0.29, 0.717) is 6.04 Å². The lowest BCUT2D eigenvalue weighted by atomic mass is 9.83. The Morgan fingerprint density at radius 2 is 2.17 bits per heavy atom. The minimum Gasteiger partial charge on any atom is -0.327 e. The van der Waals surface area contributed by atoms with Gasteiger partial charge in [-0.15, -0.1) is 11.3 Å². The average molecular weight is 264 g/mol. The molecular weight excluding hydrogens is 240 g/mol. The molecule has 3 heteroatoms. The second-order valence-corrected chi connectivity index (χ2v) is 7.19. The summed E-state index contributed by atoms with van der Waals surface area (Å²) in [6.07, 6.45) is 6.78. The molecule has 1 aliphatic heterocycles. The molecule has 0 spiro atoms. The molecule has 18 heavy (non-hydrogen) atoms. The Morgan fingerprint density at radius 1 is 1.28 bits per heavy atom. The van der Waals surface area contributed by atoms with Crippen molar-refractivity contribution in [2.45, 2.75) is 38.1 Å². The summed E-state index contributed by atoms with van der Waals surface area (Å²) < 4.78 is 0. The van der Waals surface area contributed by atoms with Crippen molar-refractivity contribution in [3.63, 3.8) is 0 Å². The van der Waals surface area contributed by atoms with E-state index < -0.39 is 0 Å². The van der Waals surface area contributed by atoms with Crippen LogP contribution >= 0.6 is 11.3 Å². The van der Waals surface area contributed by atoms with Crippen molar-refractivity contribution in [3.8, 4) is 0 Å². The molecule has 1 aromatic rings. The van der Waals surface area contributed by atoms with Crippen molar-refractivity contribution in [1.82, 2.24) is 4.90 Å². The van der Waals surface area contributed by atoms with Gasteiger partial charge in [0.15, 0.2) is 0 Å². The van der Waals surface area contributed by atoms with Crippen LogP contribution in [0.1, 0.15) is 30.6 Å². The highest BCUT2D eigenvalue weighted by Gasteiger charge is 2.28. The molecule has 0 bridgehead atoms. The fraction of sp³-hybridized carbons (Fsp3) is 0.733. The van der Waals surface area contributed by atoms with Gasteiger partial charge in [0.05, 0.1) is 0 Å². The molecule has 1 aromatic heterocycles. The van der Waals surface area contributed by atoms with Crippen LogP contribution in [0.25, 0.3) is 0 Å². The van der Waals surface area contributed by atoms with Crippen molar-refractivity contribution in [2.24, 2.45) is 17.6 Å². The van der Waals surface area contributed by atoms with E-state index in [1.54, 1.807) is 0 Å². The third-order valence-electron chi connectivity index (χ3n) is 4.46. The third kappa shape index (κ3) is 3.14. The minimum absolute atomic E-state index is 0.392. The molecule has 2 N–H and O–H groups in total. The normalized spacial score (nSPS) is 30.3. The first-order chi connectivity index (χ1) is 8.79. The van der Waals surface area contributed by atoms with Crippen molar-refractivity contribution in [1.29, 1.82) is 0 Å². The van der Waals surface area contributed by atoms with Crippen LogP contribution in [0.15, 0.2) is 17.5 Å². The summed E-state index contributed by atoms with van der Waals surface area (Å²) >= 11 is 1.89. The van der Waals surface area contributed by atoms with Gasteiger partial charge >= 0.3 is 0 Å². The van der Waals surface area contributed by atoms with Gasteiger partial charge < -0.3 is 10.6 Å². The lowest BCUT2D eigenvalue weighted by molar-refractivity contribution is 0.112. The Kier molecular flexibility index (Phi) is 4.02. The first-order valence-corrected chi connectivity index (χ1v) is 8.18. The summed E-state index contributed by atoms with van der Waals surface area (Å²) in [6.45, 7) is 3.69. The zero-order valence-corrected chi connectivity index (χ0v) is 11.9. The Balaban J connectivity index is 1.54. The van der Waals surface area contributed by atoms with E-state index in [2.05, 4.69) is 22.4 Å². The molecule has 0 amide bonds. The number of hydrogen-bond donors (Lipinski definition) is 1. The van der Waals surface area contributed by atoms with Gasteiger partial charge in [-0.1, -0.05) is 12.5 Å². The number of piperidine rings is 1. The zero-order valence-electron chi connectivity index (χ0n) is 11.1. The quantitative estimate of drug-likeness (QED) is 0.906. The van der Waals surface area contributed by atoms with Gasteiger partial charge in [0.25, 0.3) is 0 Å². The molecular formula is C15H24N2S. The topological polar surface area (TPSA) is 29.3 Å². The number of hydrogen-bond acceptors (Lipinski definition) is 3. The first-order valence-electron chi connectivity index (χ1n) is 7.30. The monoisotopic (exact) mass is 264 g/mol. The van der Waals surface area contributed by atoms with E-state index >= 15 is 0 Å². The van der Waals surface area contributed by atoms with Crippen LogP contribution in [-0.2, 0) is 6.42 Å². The molecule has 2 atom stereocenters. The van der Waals surface area contributed by atoms with E-state index in [9.17, 15) is 0 Å². The fourth-order valence-corrected chi connectivity index (χ4v) is 4.22. The summed E-state index contributed by atoms with van der Waals surface area (Å²) in [4.78, 5) is 4.16. The molecule has 2 unspecified atom stereocenters. The highest BCUT2D eigenvalue weighted by atomic mass is 32.1. The van der Waals surface area contributed by atoms with Crippen LogP contribution in [0.3, 0.4) is 0 Å². The van der Waals surface area contributed by atoms with Gasteiger partial charge in [-0.3, -0.25) is 0 Å². The molecule has 1 saturated carbocycles. The van der Waals surface area contributed by atoms with Crippen LogP contribution < -0.4 is 5.73 Å². The van der Waals surface area contributed by atoms with Gasteiger partial charge in [-0.05, 0) is 49.0 Å². The van der Waals surface area contributed by atoms with Gasteiger partial charge in [-0.25, -0.2) is 0 Å². The molecule has 1 saturated heterocycles. The van der Waals surface area contributed by atoms with E-state index in [1.165, 1.54) is 50.1 Å². The van der Waals surface area contributed by atoms with Crippen LogP contribution in [0, 0.1) is 11.8 Å². The molecule has 0 aromatic carbocycles. The smallest absolute Gasteiger partial charge is 0.0171 e. The largest absolute Gasteiger partial charge is 0.327 e. The molecule has 2 heterocycles. The highest BCUT2D eigenvalue weighted by molar-refractivity contribution is 7.09. The maximum Gasteiger partial charge on any atom is 0.0171 e. The third-order valence-corrected chi connectivity index (χ3v) is 5.36. The van der Waals surface area contributed by atoms with E-state index in [4.69, 9.17) is 5.73 Å². The second-order valence-electron chi connectivity index (χ2n) is 6.16. The van der Waals surface area contributed by atoms with Crippen molar-refractivity contribution in [2.75, 3.05) is 19.6 Å². The lowest BCUT2D eigenvalue weighted by Gasteiger charge is -2.40. The maximum absolute atomic E-state index is 6.24. The molecule has 2 nitrogen and oxygen atoms in total. The lowest BCUT2D eigenvalue weighted by Crippen LogP contribution is -2.49. The number of thiophene rings is 1. The summed E-state index contributed by atoms with van der Waals surface area (Å²) in [5, 5.41) is 2.18. The van der Waals surface area contributed by atoms with Gasteiger partial charge in [0, 0.05) is 30.6 Å². The molecule has 3 rings (SSSR count). The predicted octanol–water partition coefficient (Wildman–Crippen LogP) is 2.74. The molecule has 100 valence electrons. The van der Waals surface area contributed by atoms with Crippen LogP contribution in [0.5, 0.6) is 0 Å². The van der Waals surface area contributed by atoms with Crippen molar-refractivity contribution < 1.29 is 0 Å². The van der Waals surface area contributed by atoms with E-state index in [1.807, 2.05) is 11.3 Å². The summed E-state index contributed by atoms with van der Waals surface area (Å²) in [5.41, 5.74) is 6.24. The minimum atomic E-state index is 0.392. The molecule has 0 radical (unpaired) electrons. The van der Waals surface area contributed by atoms with Gasteiger partial charge in [-0.2, -0.15) is 0 Å². The number of rotatable bonds is 4. The van der Waals surface area contributed by atoms with Crippen LogP contribution in [-0.4, -0.2) is 30.6 Å². The van der Waals surface area contributed by atoms with Crippen molar-refractivity contribution in [3.05, 3.63) is 22.4 Å². The summed E-state index contributed by atoms with van der Waals surface area (Å²) in [6, 6.07) is 4.82. The fourth-order valence-electron chi connectivity index (χ4n) is 3.40. The number of likely N-dealkylation sites (tertiary alicyclic amines) is 1. The average Bonchev–Trinajstić information content (AvgIpc) is 2.75.